The number of carboxylic acids is 1. The summed E-state index contributed by atoms with van der Waals surface area (Å²) in [5, 5.41) is 8.45. The van der Waals surface area contributed by atoms with Crippen LogP contribution in [0.3, 0.4) is 0 Å². The molecule has 1 N–H and O–H groups in total. The third kappa shape index (κ3) is 4.44. The number of hydrogen-bond donors (Lipinski definition) is 1. The molecule has 0 saturated heterocycles. The lowest BCUT2D eigenvalue weighted by Gasteiger charge is -2.08. The Kier molecular flexibility index (Phi) is 4.51. The standard InChI is InChI=1S/C11H14O5S/c1-16-10-5-3-2-4-9(10)8-17(14,15)7-6-11(12)13/h2-5H,6-8H2,1H3,(H,12,13). The first-order chi connectivity index (χ1) is 7.94. The van der Waals surface area contributed by atoms with Crippen LogP contribution < -0.4 is 4.74 Å². The van der Waals surface area contributed by atoms with Gasteiger partial charge in [-0.05, 0) is 6.07 Å². The first kappa shape index (κ1) is 13.5. The Morgan fingerprint density at radius 3 is 2.59 bits per heavy atom. The summed E-state index contributed by atoms with van der Waals surface area (Å²) in [6.45, 7) is 0. The maximum Gasteiger partial charge on any atom is 0.304 e. The SMILES string of the molecule is COc1ccccc1CS(=O)(=O)CCC(=O)O. The van der Waals surface area contributed by atoms with E-state index in [1.807, 2.05) is 0 Å². The van der Waals surface area contributed by atoms with Crippen molar-refractivity contribution in [2.45, 2.75) is 12.2 Å². The lowest BCUT2D eigenvalue weighted by Crippen LogP contribution is -2.13. The van der Waals surface area contributed by atoms with Crippen LogP contribution in [0.5, 0.6) is 5.75 Å². The van der Waals surface area contributed by atoms with Gasteiger partial charge >= 0.3 is 5.97 Å². The smallest absolute Gasteiger partial charge is 0.304 e. The fraction of sp³-hybridized carbons (Fsp3) is 0.364. The van der Waals surface area contributed by atoms with E-state index in [1.165, 1.54) is 7.11 Å². The van der Waals surface area contributed by atoms with Crippen molar-refractivity contribution >= 4 is 15.8 Å². The van der Waals surface area contributed by atoms with E-state index < -0.39 is 15.8 Å². The highest BCUT2D eigenvalue weighted by atomic mass is 32.2. The highest BCUT2D eigenvalue weighted by Gasteiger charge is 2.16. The summed E-state index contributed by atoms with van der Waals surface area (Å²) in [5.74, 6) is -1.19. The molecule has 94 valence electrons. The number of ether oxygens (including phenoxy) is 1. The minimum Gasteiger partial charge on any atom is -0.496 e. The maximum atomic E-state index is 11.7. The van der Waals surface area contributed by atoms with Gasteiger partial charge < -0.3 is 9.84 Å². The fourth-order valence-corrected chi connectivity index (χ4v) is 2.72. The van der Waals surface area contributed by atoms with Gasteiger partial charge in [-0.3, -0.25) is 4.79 Å². The van der Waals surface area contributed by atoms with Gasteiger partial charge in [0.1, 0.15) is 5.75 Å². The fourth-order valence-electron chi connectivity index (χ4n) is 1.37. The average molecular weight is 258 g/mol. The molecule has 0 saturated carbocycles. The zero-order valence-electron chi connectivity index (χ0n) is 9.42. The van der Waals surface area contributed by atoms with Crippen LogP contribution in [-0.2, 0) is 20.4 Å². The molecule has 0 atom stereocenters. The van der Waals surface area contributed by atoms with E-state index >= 15 is 0 Å². The van der Waals surface area contributed by atoms with Gasteiger partial charge in [0.2, 0.25) is 0 Å². The number of benzene rings is 1. The Bertz CT molecular complexity index is 492. The van der Waals surface area contributed by atoms with Crippen LogP contribution in [-0.4, -0.2) is 32.4 Å². The summed E-state index contributed by atoms with van der Waals surface area (Å²) in [5.41, 5.74) is 0.542. The first-order valence-corrected chi connectivity index (χ1v) is 6.81. The molecular weight excluding hydrogens is 244 g/mol. The van der Waals surface area contributed by atoms with Crippen molar-refractivity contribution in [1.82, 2.24) is 0 Å². The number of para-hydroxylation sites is 1. The average Bonchev–Trinajstić information content (AvgIpc) is 2.27. The quantitative estimate of drug-likeness (QED) is 0.826. The highest BCUT2D eigenvalue weighted by Crippen LogP contribution is 2.20. The lowest BCUT2D eigenvalue weighted by atomic mass is 10.2. The Morgan fingerprint density at radius 1 is 1.35 bits per heavy atom. The molecule has 0 heterocycles. The number of aliphatic carboxylic acids is 1. The molecule has 6 heteroatoms. The Hall–Kier alpha value is -1.56. The number of methoxy groups -OCH3 is 1. The van der Waals surface area contributed by atoms with Gasteiger partial charge in [-0.1, -0.05) is 18.2 Å². The van der Waals surface area contributed by atoms with Crippen LogP contribution in [0.25, 0.3) is 0 Å². The zero-order chi connectivity index (χ0) is 12.9. The van der Waals surface area contributed by atoms with Crippen molar-refractivity contribution in [3.63, 3.8) is 0 Å². The summed E-state index contributed by atoms with van der Waals surface area (Å²) < 4.78 is 28.3. The van der Waals surface area contributed by atoms with Gasteiger partial charge in [0.15, 0.2) is 9.84 Å². The summed E-state index contributed by atoms with van der Waals surface area (Å²) in [6.07, 6.45) is -0.377. The second kappa shape index (κ2) is 5.67. The first-order valence-electron chi connectivity index (χ1n) is 4.99. The summed E-state index contributed by atoms with van der Waals surface area (Å²) >= 11 is 0. The van der Waals surface area contributed by atoms with Crippen molar-refractivity contribution < 1.29 is 23.1 Å². The van der Waals surface area contributed by atoms with E-state index in [-0.39, 0.29) is 17.9 Å². The molecule has 0 unspecified atom stereocenters. The molecule has 1 aromatic carbocycles. The molecule has 0 aliphatic heterocycles. The van der Waals surface area contributed by atoms with Crippen LogP contribution in [0.15, 0.2) is 24.3 Å². The second-order valence-electron chi connectivity index (χ2n) is 3.55. The molecule has 0 aliphatic carbocycles. The van der Waals surface area contributed by atoms with Gasteiger partial charge in [0.25, 0.3) is 0 Å². The third-order valence-corrected chi connectivity index (χ3v) is 3.77. The number of carbonyl (C=O) groups is 1. The van der Waals surface area contributed by atoms with E-state index in [1.54, 1.807) is 24.3 Å². The number of hydrogen-bond acceptors (Lipinski definition) is 4. The molecule has 1 rings (SSSR count). The summed E-state index contributed by atoms with van der Waals surface area (Å²) in [4.78, 5) is 10.3. The predicted molar refractivity (Wildman–Crippen MR) is 62.7 cm³/mol. The van der Waals surface area contributed by atoms with Crippen molar-refractivity contribution in [2.24, 2.45) is 0 Å². The molecule has 1 aromatic rings. The summed E-state index contributed by atoms with van der Waals surface area (Å²) in [7, 11) is -1.96. The van der Waals surface area contributed by atoms with Crippen molar-refractivity contribution in [1.29, 1.82) is 0 Å². The van der Waals surface area contributed by atoms with E-state index in [4.69, 9.17) is 9.84 Å². The number of rotatable bonds is 6. The van der Waals surface area contributed by atoms with Crippen LogP contribution in [0.1, 0.15) is 12.0 Å². The normalized spacial score (nSPS) is 11.1. The maximum absolute atomic E-state index is 11.7. The van der Waals surface area contributed by atoms with Crippen LogP contribution in [0, 0.1) is 0 Å². The van der Waals surface area contributed by atoms with Crippen molar-refractivity contribution in [3.05, 3.63) is 29.8 Å². The van der Waals surface area contributed by atoms with Crippen molar-refractivity contribution in [2.75, 3.05) is 12.9 Å². The van der Waals surface area contributed by atoms with Crippen LogP contribution in [0.4, 0.5) is 0 Å². The zero-order valence-corrected chi connectivity index (χ0v) is 10.2. The molecule has 0 amide bonds. The lowest BCUT2D eigenvalue weighted by molar-refractivity contribution is -0.136. The van der Waals surface area contributed by atoms with Gasteiger partial charge in [0.05, 0.1) is 25.0 Å². The van der Waals surface area contributed by atoms with E-state index in [0.29, 0.717) is 11.3 Å². The van der Waals surface area contributed by atoms with E-state index in [9.17, 15) is 13.2 Å². The highest BCUT2D eigenvalue weighted by molar-refractivity contribution is 7.90. The summed E-state index contributed by atoms with van der Waals surface area (Å²) in [6, 6.07) is 6.77. The topological polar surface area (TPSA) is 80.7 Å². The van der Waals surface area contributed by atoms with Gasteiger partial charge in [-0.25, -0.2) is 8.42 Å². The largest absolute Gasteiger partial charge is 0.496 e. The van der Waals surface area contributed by atoms with Gasteiger partial charge in [-0.2, -0.15) is 0 Å². The molecular formula is C11H14O5S. The molecule has 0 bridgehead atoms. The molecule has 0 aromatic heterocycles. The molecule has 17 heavy (non-hydrogen) atoms. The number of sulfone groups is 1. The monoisotopic (exact) mass is 258 g/mol. The van der Waals surface area contributed by atoms with Crippen LogP contribution in [0.2, 0.25) is 0 Å². The van der Waals surface area contributed by atoms with Gasteiger partial charge in [-0.15, -0.1) is 0 Å². The molecule has 5 nitrogen and oxygen atoms in total. The predicted octanol–water partition coefficient (Wildman–Crippen LogP) is 1.08. The molecule has 0 fully saturated rings. The Balaban J connectivity index is 2.79. The minimum atomic E-state index is -3.42. The minimum absolute atomic E-state index is 0.204. The van der Waals surface area contributed by atoms with Crippen molar-refractivity contribution in [3.8, 4) is 5.75 Å². The molecule has 0 spiro atoms. The third-order valence-electron chi connectivity index (χ3n) is 2.19. The van der Waals surface area contributed by atoms with E-state index in [0.717, 1.165) is 0 Å². The number of carboxylic acid groups (broad SMARTS) is 1. The van der Waals surface area contributed by atoms with E-state index in [2.05, 4.69) is 0 Å². The second-order valence-corrected chi connectivity index (χ2v) is 5.73. The molecule has 0 aliphatic rings. The van der Waals surface area contributed by atoms with Crippen LogP contribution >= 0.6 is 0 Å². The molecule has 0 radical (unpaired) electrons. The van der Waals surface area contributed by atoms with Gasteiger partial charge in [0, 0.05) is 5.56 Å². The Labute approximate surface area is 100.0 Å². The Morgan fingerprint density at radius 2 is 2.00 bits per heavy atom.